The van der Waals surface area contributed by atoms with Gasteiger partial charge in [0.2, 0.25) is 0 Å². The maximum absolute atomic E-state index is 13.6. The van der Waals surface area contributed by atoms with Gasteiger partial charge >= 0.3 is 0 Å². The zero-order valence-electron chi connectivity index (χ0n) is 11.0. The van der Waals surface area contributed by atoms with Crippen LogP contribution in [0.1, 0.15) is 23.2 Å². The lowest BCUT2D eigenvalue weighted by molar-refractivity contribution is 0.0692. The van der Waals surface area contributed by atoms with Gasteiger partial charge in [-0.1, -0.05) is 0 Å². The number of carbonyl (C=O) groups is 1. The molecule has 1 aliphatic heterocycles. The molecule has 112 valence electrons. The molecule has 1 saturated heterocycles. The van der Waals surface area contributed by atoms with Crippen LogP contribution in [0.5, 0.6) is 0 Å². The number of likely N-dealkylation sites (tertiary alicyclic amines) is 1. The third-order valence-electron chi connectivity index (χ3n) is 3.38. The van der Waals surface area contributed by atoms with Crippen LogP contribution in [0.2, 0.25) is 0 Å². The van der Waals surface area contributed by atoms with Crippen molar-refractivity contribution >= 4 is 18.3 Å². The SMILES string of the molecule is CNC1CCCN(C(=O)c2ccc(F)c(F)c2F)C1.Cl. The molecular formula is C13H16ClF3N2O. The summed E-state index contributed by atoms with van der Waals surface area (Å²) in [7, 11) is 1.79. The molecule has 0 spiro atoms. The smallest absolute Gasteiger partial charge is 0.256 e. The first-order valence-electron chi connectivity index (χ1n) is 6.14. The average Bonchev–Trinajstić information content (AvgIpc) is 2.44. The Morgan fingerprint density at radius 2 is 2.00 bits per heavy atom. The molecule has 7 heteroatoms. The van der Waals surface area contributed by atoms with Crippen molar-refractivity contribution in [2.75, 3.05) is 20.1 Å². The van der Waals surface area contributed by atoms with Crippen LogP contribution in [-0.2, 0) is 0 Å². The average molecular weight is 309 g/mol. The number of hydrogen-bond acceptors (Lipinski definition) is 2. The Bertz CT molecular complexity index is 499. The molecule has 0 radical (unpaired) electrons. The van der Waals surface area contributed by atoms with E-state index in [-0.39, 0.29) is 18.4 Å². The molecule has 0 aromatic heterocycles. The van der Waals surface area contributed by atoms with Crippen molar-refractivity contribution in [1.29, 1.82) is 0 Å². The molecule has 1 aliphatic rings. The molecule has 20 heavy (non-hydrogen) atoms. The van der Waals surface area contributed by atoms with Gasteiger partial charge in [-0.25, -0.2) is 13.2 Å². The first-order valence-corrected chi connectivity index (χ1v) is 6.14. The highest BCUT2D eigenvalue weighted by atomic mass is 35.5. The van der Waals surface area contributed by atoms with Gasteiger partial charge in [-0.2, -0.15) is 0 Å². The number of hydrogen-bond donors (Lipinski definition) is 1. The Labute approximate surface area is 121 Å². The Balaban J connectivity index is 0.00000200. The van der Waals surface area contributed by atoms with Crippen LogP contribution < -0.4 is 5.32 Å². The zero-order chi connectivity index (χ0) is 14.0. The third-order valence-corrected chi connectivity index (χ3v) is 3.38. The lowest BCUT2D eigenvalue weighted by atomic mass is 10.0. The van der Waals surface area contributed by atoms with Crippen molar-refractivity contribution in [3.63, 3.8) is 0 Å². The number of nitrogens with zero attached hydrogens (tertiary/aromatic N) is 1. The van der Waals surface area contributed by atoms with Gasteiger partial charge in [0.05, 0.1) is 5.56 Å². The van der Waals surface area contributed by atoms with Crippen molar-refractivity contribution in [3.05, 3.63) is 35.1 Å². The van der Waals surface area contributed by atoms with E-state index in [4.69, 9.17) is 0 Å². The van der Waals surface area contributed by atoms with E-state index in [0.29, 0.717) is 13.1 Å². The minimum absolute atomic E-state index is 0. The molecule has 1 N–H and O–H groups in total. The fourth-order valence-corrected chi connectivity index (χ4v) is 2.26. The predicted octanol–water partition coefficient (Wildman–Crippen LogP) is 2.35. The van der Waals surface area contributed by atoms with E-state index in [1.54, 1.807) is 7.05 Å². The summed E-state index contributed by atoms with van der Waals surface area (Å²) in [5.41, 5.74) is -0.421. The van der Waals surface area contributed by atoms with Gasteiger partial charge in [-0.15, -0.1) is 12.4 Å². The monoisotopic (exact) mass is 308 g/mol. The maximum Gasteiger partial charge on any atom is 0.256 e. The predicted molar refractivity (Wildman–Crippen MR) is 71.5 cm³/mol. The van der Waals surface area contributed by atoms with Crippen LogP contribution in [0.4, 0.5) is 13.2 Å². The summed E-state index contributed by atoms with van der Waals surface area (Å²) >= 11 is 0. The fraction of sp³-hybridized carbons (Fsp3) is 0.462. The van der Waals surface area contributed by atoms with E-state index in [1.807, 2.05) is 0 Å². The number of carbonyl (C=O) groups excluding carboxylic acids is 1. The van der Waals surface area contributed by atoms with Crippen molar-refractivity contribution in [2.45, 2.75) is 18.9 Å². The molecule has 1 heterocycles. The molecule has 1 atom stereocenters. The van der Waals surface area contributed by atoms with Crippen LogP contribution in [0.15, 0.2) is 12.1 Å². The van der Waals surface area contributed by atoms with Crippen LogP contribution >= 0.6 is 12.4 Å². The molecule has 0 aliphatic carbocycles. The Kier molecular flexibility index (Phi) is 5.83. The highest BCUT2D eigenvalue weighted by Gasteiger charge is 2.27. The van der Waals surface area contributed by atoms with E-state index in [1.165, 1.54) is 4.90 Å². The number of piperidine rings is 1. The molecule has 0 bridgehead atoms. The molecular weight excluding hydrogens is 293 g/mol. The van der Waals surface area contributed by atoms with Gasteiger partial charge in [0.15, 0.2) is 17.5 Å². The number of amides is 1. The topological polar surface area (TPSA) is 32.3 Å². The summed E-state index contributed by atoms with van der Waals surface area (Å²) < 4.78 is 39.5. The minimum atomic E-state index is -1.60. The standard InChI is InChI=1S/C13H15F3N2O.ClH/c1-17-8-3-2-6-18(7-8)13(19)9-4-5-10(14)12(16)11(9)15;/h4-5,8,17H,2-3,6-7H2,1H3;1H. The molecule has 2 rings (SSSR count). The van der Waals surface area contributed by atoms with E-state index in [0.717, 1.165) is 25.0 Å². The van der Waals surface area contributed by atoms with Crippen molar-refractivity contribution in [3.8, 4) is 0 Å². The number of halogens is 4. The largest absolute Gasteiger partial charge is 0.337 e. The van der Waals surface area contributed by atoms with E-state index >= 15 is 0 Å². The second-order valence-electron chi connectivity index (χ2n) is 4.60. The van der Waals surface area contributed by atoms with Crippen molar-refractivity contribution in [2.24, 2.45) is 0 Å². The molecule has 1 unspecified atom stereocenters. The van der Waals surface area contributed by atoms with Gasteiger partial charge in [-0.05, 0) is 32.0 Å². The Morgan fingerprint density at radius 3 is 2.65 bits per heavy atom. The molecule has 1 amide bonds. The first-order chi connectivity index (χ1) is 9.04. The summed E-state index contributed by atoms with van der Waals surface area (Å²) in [6.45, 7) is 0.934. The summed E-state index contributed by atoms with van der Waals surface area (Å²) in [6, 6.07) is 1.90. The lowest BCUT2D eigenvalue weighted by Gasteiger charge is -2.32. The van der Waals surface area contributed by atoms with E-state index < -0.39 is 28.9 Å². The molecule has 1 aromatic rings. The highest BCUT2D eigenvalue weighted by molar-refractivity contribution is 5.94. The number of rotatable bonds is 2. The second-order valence-corrected chi connectivity index (χ2v) is 4.60. The quantitative estimate of drug-likeness (QED) is 0.851. The third kappa shape index (κ3) is 3.24. The van der Waals surface area contributed by atoms with Crippen LogP contribution in [-0.4, -0.2) is 37.0 Å². The zero-order valence-corrected chi connectivity index (χ0v) is 11.8. The van der Waals surface area contributed by atoms with Crippen molar-refractivity contribution < 1.29 is 18.0 Å². The molecule has 0 saturated carbocycles. The van der Waals surface area contributed by atoms with E-state index in [2.05, 4.69) is 5.32 Å². The first kappa shape index (κ1) is 16.8. The van der Waals surface area contributed by atoms with Gasteiger partial charge in [-0.3, -0.25) is 4.79 Å². The van der Waals surface area contributed by atoms with Gasteiger partial charge < -0.3 is 10.2 Å². The second kappa shape index (κ2) is 6.95. The fourth-order valence-electron chi connectivity index (χ4n) is 2.26. The van der Waals surface area contributed by atoms with Gasteiger partial charge in [0.25, 0.3) is 5.91 Å². The summed E-state index contributed by atoms with van der Waals surface area (Å²) in [4.78, 5) is 13.6. The van der Waals surface area contributed by atoms with Crippen LogP contribution in [0.25, 0.3) is 0 Å². The molecule has 3 nitrogen and oxygen atoms in total. The lowest BCUT2D eigenvalue weighted by Crippen LogP contribution is -2.47. The Morgan fingerprint density at radius 1 is 1.30 bits per heavy atom. The molecule has 1 fully saturated rings. The van der Waals surface area contributed by atoms with Gasteiger partial charge in [0.1, 0.15) is 0 Å². The summed E-state index contributed by atoms with van der Waals surface area (Å²) in [6.07, 6.45) is 1.73. The normalized spacial score (nSPS) is 18.6. The van der Waals surface area contributed by atoms with Crippen LogP contribution in [0, 0.1) is 17.5 Å². The molecule has 1 aromatic carbocycles. The number of nitrogens with one attached hydrogen (secondary N) is 1. The number of benzene rings is 1. The maximum atomic E-state index is 13.6. The van der Waals surface area contributed by atoms with E-state index in [9.17, 15) is 18.0 Å². The van der Waals surface area contributed by atoms with Crippen molar-refractivity contribution in [1.82, 2.24) is 10.2 Å². The van der Waals surface area contributed by atoms with Crippen LogP contribution in [0.3, 0.4) is 0 Å². The van der Waals surface area contributed by atoms with Gasteiger partial charge in [0, 0.05) is 19.1 Å². The summed E-state index contributed by atoms with van der Waals surface area (Å²) in [5.74, 6) is -4.92. The minimum Gasteiger partial charge on any atom is -0.337 e. The number of likely N-dealkylation sites (N-methyl/N-ethyl adjacent to an activating group) is 1. The highest BCUT2D eigenvalue weighted by Crippen LogP contribution is 2.19. The summed E-state index contributed by atoms with van der Waals surface area (Å²) in [5, 5.41) is 3.05. The Hall–Kier alpha value is -1.27.